The van der Waals surface area contributed by atoms with E-state index in [-0.39, 0.29) is 5.97 Å². The number of halogens is 1. The largest absolute Gasteiger partial charge is 0.465 e. The predicted molar refractivity (Wildman–Crippen MR) is 95.6 cm³/mol. The quantitative estimate of drug-likeness (QED) is 0.608. The zero-order valence-corrected chi connectivity index (χ0v) is 14.6. The highest BCUT2D eigenvalue weighted by Gasteiger charge is 2.14. The van der Waals surface area contributed by atoms with Crippen molar-refractivity contribution < 1.29 is 9.53 Å². The molecule has 0 radical (unpaired) electrons. The number of ether oxygens (including phenoxy) is 1. The van der Waals surface area contributed by atoms with Gasteiger partial charge in [0.25, 0.3) is 0 Å². The molecule has 0 unspecified atom stereocenters. The highest BCUT2D eigenvalue weighted by molar-refractivity contribution is 9.10. The van der Waals surface area contributed by atoms with Crippen LogP contribution in [0, 0.1) is 0 Å². The molecule has 3 aromatic rings. The number of pyridine rings is 1. The van der Waals surface area contributed by atoms with E-state index in [0.29, 0.717) is 5.56 Å². The van der Waals surface area contributed by atoms with Crippen molar-refractivity contribution in [3.8, 4) is 11.3 Å². The van der Waals surface area contributed by atoms with Crippen LogP contribution in [-0.2, 0) is 11.2 Å². The van der Waals surface area contributed by atoms with Crippen molar-refractivity contribution in [3.05, 3.63) is 64.1 Å². The molecule has 116 valence electrons. The molecule has 3 rings (SSSR count). The van der Waals surface area contributed by atoms with Gasteiger partial charge in [0.15, 0.2) is 0 Å². The second kappa shape index (κ2) is 6.50. The standard InChI is InChI=1S/C19H16BrNO2/c1-3-12-4-6-13(7-5-12)18-11-16(19(22)23-2)15-10-14(20)8-9-17(15)21-18/h4-11H,3H2,1-2H3. The zero-order valence-electron chi connectivity index (χ0n) is 13.0. The van der Waals surface area contributed by atoms with Crippen molar-refractivity contribution in [1.29, 1.82) is 0 Å². The Morgan fingerprint density at radius 3 is 2.52 bits per heavy atom. The monoisotopic (exact) mass is 369 g/mol. The molecular formula is C19H16BrNO2. The fourth-order valence-electron chi connectivity index (χ4n) is 2.54. The highest BCUT2D eigenvalue weighted by atomic mass is 79.9. The molecule has 0 aliphatic carbocycles. The maximum atomic E-state index is 12.2. The molecule has 0 bridgehead atoms. The number of aromatic nitrogens is 1. The number of esters is 1. The minimum Gasteiger partial charge on any atom is -0.465 e. The first-order valence-electron chi connectivity index (χ1n) is 7.40. The number of carbonyl (C=O) groups excluding carboxylic acids is 1. The lowest BCUT2D eigenvalue weighted by molar-refractivity contribution is 0.0603. The third kappa shape index (κ3) is 3.13. The van der Waals surface area contributed by atoms with Crippen LogP contribution in [0.25, 0.3) is 22.2 Å². The minimum absolute atomic E-state index is 0.359. The van der Waals surface area contributed by atoms with E-state index in [1.807, 2.05) is 30.3 Å². The Kier molecular flexibility index (Phi) is 4.44. The summed E-state index contributed by atoms with van der Waals surface area (Å²) in [5.74, 6) is -0.359. The number of methoxy groups -OCH3 is 1. The van der Waals surface area contributed by atoms with Gasteiger partial charge in [0.2, 0.25) is 0 Å². The van der Waals surface area contributed by atoms with Crippen LogP contribution in [0.4, 0.5) is 0 Å². The Labute approximate surface area is 143 Å². The Balaban J connectivity index is 2.21. The molecule has 23 heavy (non-hydrogen) atoms. The summed E-state index contributed by atoms with van der Waals surface area (Å²) in [6.07, 6.45) is 0.993. The molecule has 0 spiro atoms. The number of hydrogen-bond acceptors (Lipinski definition) is 3. The van der Waals surface area contributed by atoms with E-state index in [4.69, 9.17) is 9.72 Å². The molecule has 1 aromatic heterocycles. The van der Waals surface area contributed by atoms with E-state index >= 15 is 0 Å². The molecule has 0 aliphatic heterocycles. The molecule has 2 aromatic carbocycles. The number of fused-ring (bicyclic) bond motifs is 1. The van der Waals surface area contributed by atoms with E-state index in [1.165, 1.54) is 12.7 Å². The Morgan fingerprint density at radius 1 is 1.13 bits per heavy atom. The van der Waals surface area contributed by atoms with Gasteiger partial charge in [0.1, 0.15) is 0 Å². The van der Waals surface area contributed by atoms with Crippen LogP contribution in [0.15, 0.2) is 53.0 Å². The van der Waals surface area contributed by atoms with Gasteiger partial charge in [-0.25, -0.2) is 9.78 Å². The summed E-state index contributed by atoms with van der Waals surface area (Å²) in [5.41, 5.74) is 4.31. The average molecular weight is 370 g/mol. The third-order valence-corrected chi connectivity index (χ3v) is 4.33. The van der Waals surface area contributed by atoms with Crippen LogP contribution in [0.5, 0.6) is 0 Å². The van der Waals surface area contributed by atoms with Crippen LogP contribution < -0.4 is 0 Å². The van der Waals surface area contributed by atoms with Crippen LogP contribution in [0.3, 0.4) is 0 Å². The van der Waals surface area contributed by atoms with E-state index in [2.05, 4.69) is 35.0 Å². The maximum absolute atomic E-state index is 12.2. The SMILES string of the molecule is CCc1ccc(-c2cc(C(=O)OC)c3cc(Br)ccc3n2)cc1. The lowest BCUT2D eigenvalue weighted by Gasteiger charge is -2.09. The van der Waals surface area contributed by atoms with E-state index in [0.717, 1.165) is 33.1 Å². The molecule has 4 heteroatoms. The van der Waals surface area contributed by atoms with Gasteiger partial charge < -0.3 is 4.74 Å². The third-order valence-electron chi connectivity index (χ3n) is 3.83. The number of nitrogens with zero attached hydrogens (tertiary/aromatic N) is 1. The Bertz CT molecular complexity index is 872. The second-order valence-corrected chi connectivity index (χ2v) is 6.17. The highest BCUT2D eigenvalue weighted by Crippen LogP contribution is 2.28. The van der Waals surface area contributed by atoms with Gasteiger partial charge >= 0.3 is 5.97 Å². The summed E-state index contributed by atoms with van der Waals surface area (Å²) in [4.78, 5) is 16.8. The number of aryl methyl sites for hydroxylation is 1. The van der Waals surface area contributed by atoms with Gasteiger partial charge in [-0.1, -0.05) is 47.1 Å². The summed E-state index contributed by atoms with van der Waals surface area (Å²) < 4.78 is 5.83. The number of rotatable bonds is 3. The lowest BCUT2D eigenvalue weighted by atomic mass is 10.0. The Hall–Kier alpha value is -2.20. The van der Waals surface area contributed by atoms with Crippen molar-refractivity contribution in [2.45, 2.75) is 13.3 Å². The van der Waals surface area contributed by atoms with Crippen LogP contribution in [-0.4, -0.2) is 18.1 Å². The van der Waals surface area contributed by atoms with Gasteiger partial charge in [0, 0.05) is 15.4 Å². The van der Waals surface area contributed by atoms with Crippen LogP contribution >= 0.6 is 15.9 Å². The molecule has 0 saturated carbocycles. The molecular weight excluding hydrogens is 354 g/mol. The molecule has 0 saturated heterocycles. The van der Waals surface area contributed by atoms with Crippen molar-refractivity contribution >= 4 is 32.8 Å². The first kappa shape index (κ1) is 15.7. The lowest BCUT2D eigenvalue weighted by Crippen LogP contribution is -2.04. The first-order chi connectivity index (χ1) is 11.1. The van der Waals surface area contributed by atoms with Crippen molar-refractivity contribution in [2.75, 3.05) is 7.11 Å². The summed E-state index contributed by atoms with van der Waals surface area (Å²) in [5, 5.41) is 0.778. The van der Waals surface area contributed by atoms with Gasteiger partial charge in [0.05, 0.1) is 23.9 Å². The summed E-state index contributed by atoms with van der Waals surface area (Å²) in [6, 6.07) is 15.7. The summed E-state index contributed by atoms with van der Waals surface area (Å²) in [7, 11) is 1.39. The zero-order chi connectivity index (χ0) is 16.4. The normalized spacial score (nSPS) is 10.7. The number of hydrogen-bond donors (Lipinski definition) is 0. The summed E-state index contributed by atoms with van der Waals surface area (Å²) in [6.45, 7) is 2.12. The van der Waals surface area contributed by atoms with E-state index in [1.54, 1.807) is 6.07 Å². The fourth-order valence-corrected chi connectivity index (χ4v) is 2.90. The molecule has 0 atom stereocenters. The minimum atomic E-state index is -0.359. The van der Waals surface area contributed by atoms with E-state index < -0.39 is 0 Å². The van der Waals surface area contributed by atoms with Gasteiger partial charge in [-0.05, 0) is 36.2 Å². The van der Waals surface area contributed by atoms with Gasteiger partial charge in [-0.3, -0.25) is 0 Å². The predicted octanol–water partition coefficient (Wildman–Crippen LogP) is 5.01. The van der Waals surface area contributed by atoms with Crippen molar-refractivity contribution in [2.24, 2.45) is 0 Å². The van der Waals surface area contributed by atoms with Crippen molar-refractivity contribution in [1.82, 2.24) is 4.98 Å². The number of carbonyl (C=O) groups is 1. The van der Waals surface area contributed by atoms with Gasteiger partial charge in [-0.15, -0.1) is 0 Å². The number of benzene rings is 2. The molecule has 1 heterocycles. The first-order valence-corrected chi connectivity index (χ1v) is 8.19. The molecule has 0 N–H and O–H groups in total. The second-order valence-electron chi connectivity index (χ2n) is 5.26. The summed E-state index contributed by atoms with van der Waals surface area (Å²) >= 11 is 3.44. The maximum Gasteiger partial charge on any atom is 0.338 e. The molecule has 0 fully saturated rings. The molecule has 0 amide bonds. The van der Waals surface area contributed by atoms with Crippen molar-refractivity contribution in [3.63, 3.8) is 0 Å². The molecule has 0 aliphatic rings. The van der Waals surface area contributed by atoms with Gasteiger partial charge in [-0.2, -0.15) is 0 Å². The van der Waals surface area contributed by atoms with Crippen LogP contribution in [0.1, 0.15) is 22.8 Å². The Morgan fingerprint density at radius 2 is 1.87 bits per heavy atom. The molecule has 3 nitrogen and oxygen atoms in total. The van der Waals surface area contributed by atoms with E-state index in [9.17, 15) is 4.79 Å². The van der Waals surface area contributed by atoms with Crippen LogP contribution in [0.2, 0.25) is 0 Å². The fraction of sp³-hybridized carbons (Fsp3) is 0.158. The topological polar surface area (TPSA) is 39.2 Å². The average Bonchev–Trinajstić information content (AvgIpc) is 2.60. The smallest absolute Gasteiger partial charge is 0.338 e.